The van der Waals surface area contributed by atoms with E-state index in [0.29, 0.717) is 5.88 Å². The minimum Gasteiger partial charge on any atom is -0.474 e. The van der Waals surface area contributed by atoms with E-state index in [1.165, 1.54) is 12.1 Å². The molecule has 3 rings (SSSR count). The number of nitrogens with zero attached hydrogens (tertiary/aromatic N) is 1. The molecule has 1 saturated carbocycles. The molecule has 0 saturated heterocycles. The number of hydrogen-bond acceptors (Lipinski definition) is 3. The van der Waals surface area contributed by atoms with Gasteiger partial charge in [0.05, 0.1) is 5.56 Å². The first-order chi connectivity index (χ1) is 11.6. The van der Waals surface area contributed by atoms with Gasteiger partial charge in [-0.1, -0.05) is 18.2 Å². The van der Waals surface area contributed by atoms with Crippen LogP contribution in [0.2, 0.25) is 0 Å². The summed E-state index contributed by atoms with van der Waals surface area (Å²) in [5.41, 5.74) is 1.20. The molecule has 5 heteroatoms. The Bertz CT molecular complexity index is 695. The Morgan fingerprint density at radius 2 is 1.92 bits per heavy atom. The Hall–Kier alpha value is -2.43. The largest absolute Gasteiger partial charge is 0.474 e. The first-order valence-corrected chi connectivity index (χ1v) is 8.26. The van der Waals surface area contributed by atoms with Crippen molar-refractivity contribution in [3.05, 3.63) is 59.5 Å². The van der Waals surface area contributed by atoms with E-state index in [1.54, 1.807) is 18.3 Å². The van der Waals surface area contributed by atoms with Gasteiger partial charge in [-0.25, -0.2) is 9.37 Å². The number of pyridine rings is 1. The molecular formula is C19H21FN2O2. The van der Waals surface area contributed by atoms with Crippen molar-refractivity contribution in [3.8, 4) is 5.88 Å². The second kappa shape index (κ2) is 7.43. The van der Waals surface area contributed by atoms with Crippen LogP contribution < -0.4 is 10.1 Å². The highest BCUT2D eigenvalue weighted by molar-refractivity contribution is 5.94. The van der Waals surface area contributed by atoms with Gasteiger partial charge in [-0.05, 0) is 50.3 Å². The molecule has 1 aliphatic rings. The standard InChI is InChI=1S/C19H21FN2O2/c1-13-6-11-18(21-12-13)24-15-9-7-14(8-10-15)22-19(23)16-4-2-3-5-17(16)20/h2-6,11-12,14-15H,7-10H2,1H3,(H,22,23). The van der Waals surface area contributed by atoms with E-state index in [2.05, 4.69) is 10.3 Å². The molecule has 2 aromatic rings. The second-order valence-electron chi connectivity index (χ2n) is 6.22. The molecule has 24 heavy (non-hydrogen) atoms. The van der Waals surface area contributed by atoms with Gasteiger partial charge in [0.25, 0.3) is 5.91 Å². The van der Waals surface area contributed by atoms with Crippen molar-refractivity contribution in [2.24, 2.45) is 0 Å². The number of aryl methyl sites for hydroxylation is 1. The number of aromatic nitrogens is 1. The Morgan fingerprint density at radius 1 is 1.17 bits per heavy atom. The van der Waals surface area contributed by atoms with Gasteiger partial charge in [-0.15, -0.1) is 0 Å². The van der Waals surface area contributed by atoms with Crippen molar-refractivity contribution in [2.75, 3.05) is 0 Å². The lowest BCUT2D eigenvalue weighted by atomic mass is 9.92. The monoisotopic (exact) mass is 328 g/mol. The molecule has 0 radical (unpaired) electrons. The minimum absolute atomic E-state index is 0.0583. The zero-order valence-electron chi connectivity index (χ0n) is 13.7. The predicted octanol–water partition coefficient (Wildman–Crippen LogP) is 3.65. The van der Waals surface area contributed by atoms with Crippen molar-refractivity contribution in [1.82, 2.24) is 10.3 Å². The van der Waals surface area contributed by atoms with Crippen molar-refractivity contribution < 1.29 is 13.9 Å². The van der Waals surface area contributed by atoms with E-state index in [9.17, 15) is 9.18 Å². The highest BCUT2D eigenvalue weighted by Crippen LogP contribution is 2.23. The summed E-state index contributed by atoms with van der Waals surface area (Å²) >= 11 is 0. The number of carbonyl (C=O) groups excluding carboxylic acids is 1. The summed E-state index contributed by atoms with van der Waals surface area (Å²) in [6.07, 6.45) is 5.22. The van der Waals surface area contributed by atoms with E-state index in [0.717, 1.165) is 31.2 Å². The lowest BCUT2D eigenvalue weighted by Gasteiger charge is -2.29. The van der Waals surface area contributed by atoms with Crippen LogP contribution >= 0.6 is 0 Å². The maximum Gasteiger partial charge on any atom is 0.254 e. The average Bonchev–Trinajstić information content (AvgIpc) is 2.59. The fourth-order valence-electron chi connectivity index (χ4n) is 2.93. The normalized spacial score (nSPS) is 20.4. The smallest absolute Gasteiger partial charge is 0.254 e. The van der Waals surface area contributed by atoms with Gasteiger partial charge < -0.3 is 10.1 Å². The first-order valence-electron chi connectivity index (χ1n) is 8.26. The molecule has 0 spiro atoms. The molecule has 1 fully saturated rings. The van der Waals surface area contributed by atoms with E-state index >= 15 is 0 Å². The summed E-state index contributed by atoms with van der Waals surface area (Å²) in [6.45, 7) is 1.99. The van der Waals surface area contributed by atoms with Crippen molar-refractivity contribution >= 4 is 5.91 Å². The zero-order valence-corrected chi connectivity index (χ0v) is 13.7. The second-order valence-corrected chi connectivity index (χ2v) is 6.22. The quantitative estimate of drug-likeness (QED) is 0.932. The predicted molar refractivity (Wildman–Crippen MR) is 89.5 cm³/mol. The summed E-state index contributed by atoms with van der Waals surface area (Å²) < 4.78 is 19.5. The molecule has 1 aliphatic carbocycles. The van der Waals surface area contributed by atoms with E-state index in [4.69, 9.17) is 4.74 Å². The maximum absolute atomic E-state index is 13.6. The van der Waals surface area contributed by atoms with Gasteiger partial charge in [0, 0.05) is 18.3 Å². The van der Waals surface area contributed by atoms with Crippen LogP contribution in [0.25, 0.3) is 0 Å². The minimum atomic E-state index is -0.488. The van der Waals surface area contributed by atoms with Crippen LogP contribution in [0.15, 0.2) is 42.6 Å². The number of rotatable bonds is 4. The summed E-state index contributed by atoms with van der Waals surface area (Å²) in [4.78, 5) is 16.4. The lowest BCUT2D eigenvalue weighted by molar-refractivity contribution is 0.0886. The number of nitrogens with one attached hydrogen (secondary N) is 1. The lowest BCUT2D eigenvalue weighted by Crippen LogP contribution is -2.40. The van der Waals surface area contributed by atoms with Gasteiger partial charge in [0.15, 0.2) is 0 Å². The van der Waals surface area contributed by atoms with Crippen molar-refractivity contribution in [3.63, 3.8) is 0 Å². The molecule has 0 bridgehead atoms. The van der Waals surface area contributed by atoms with E-state index in [1.807, 2.05) is 19.1 Å². The third kappa shape index (κ3) is 4.10. The Kier molecular flexibility index (Phi) is 5.08. The molecular weight excluding hydrogens is 307 g/mol. The van der Waals surface area contributed by atoms with Gasteiger partial charge in [-0.3, -0.25) is 4.79 Å². The maximum atomic E-state index is 13.6. The fraction of sp³-hybridized carbons (Fsp3) is 0.368. The van der Waals surface area contributed by atoms with Gasteiger partial charge in [0.2, 0.25) is 5.88 Å². The number of amides is 1. The summed E-state index contributed by atoms with van der Waals surface area (Å²) in [5.74, 6) is -0.199. The molecule has 1 heterocycles. The van der Waals surface area contributed by atoms with Crippen LogP contribution in [0.4, 0.5) is 4.39 Å². The van der Waals surface area contributed by atoms with Crippen molar-refractivity contribution in [2.45, 2.75) is 44.8 Å². The number of hydrogen-bond donors (Lipinski definition) is 1. The van der Waals surface area contributed by atoms with E-state index in [-0.39, 0.29) is 23.6 Å². The average molecular weight is 328 g/mol. The third-order valence-corrected chi connectivity index (χ3v) is 4.30. The third-order valence-electron chi connectivity index (χ3n) is 4.30. The molecule has 0 unspecified atom stereocenters. The highest BCUT2D eigenvalue weighted by Gasteiger charge is 2.24. The topological polar surface area (TPSA) is 51.2 Å². The molecule has 1 amide bonds. The summed E-state index contributed by atoms with van der Waals surface area (Å²) in [7, 11) is 0. The Balaban J connectivity index is 1.49. The summed E-state index contributed by atoms with van der Waals surface area (Å²) in [6, 6.07) is 9.95. The number of carbonyl (C=O) groups is 1. The SMILES string of the molecule is Cc1ccc(OC2CCC(NC(=O)c3ccccc3F)CC2)nc1. The number of halogens is 1. The van der Waals surface area contributed by atoms with Crippen LogP contribution in [0.5, 0.6) is 5.88 Å². The molecule has 1 aromatic carbocycles. The molecule has 1 N–H and O–H groups in total. The summed E-state index contributed by atoms with van der Waals surface area (Å²) in [5, 5.41) is 2.92. The van der Waals surface area contributed by atoms with Crippen LogP contribution in [-0.4, -0.2) is 23.0 Å². The van der Waals surface area contributed by atoms with Crippen LogP contribution in [0, 0.1) is 12.7 Å². The van der Waals surface area contributed by atoms with Gasteiger partial charge >= 0.3 is 0 Å². The zero-order chi connectivity index (χ0) is 16.9. The number of ether oxygens (including phenoxy) is 1. The molecule has 0 atom stereocenters. The molecule has 126 valence electrons. The Morgan fingerprint density at radius 3 is 2.58 bits per heavy atom. The fourth-order valence-corrected chi connectivity index (χ4v) is 2.93. The Labute approximate surface area is 141 Å². The highest BCUT2D eigenvalue weighted by atomic mass is 19.1. The first kappa shape index (κ1) is 16.4. The van der Waals surface area contributed by atoms with Crippen LogP contribution in [-0.2, 0) is 0 Å². The van der Waals surface area contributed by atoms with Crippen LogP contribution in [0.1, 0.15) is 41.6 Å². The molecule has 0 aliphatic heterocycles. The van der Waals surface area contributed by atoms with E-state index < -0.39 is 5.82 Å². The van der Waals surface area contributed by atoms with Crippen LogP contribution in [0.3, 0.4) is 0 Å². The molecule has 4 nitrogen and oxygen atoms in total. The van der Waals surface area contributed by atoms with Gasteiger partial charge in [-0.2, -0.15) is 0 Å². The van der Waals surface area contributed by atoms with Gasteiger partial charge in [0.1, 0.15) is 11.9 Å². The van der Waals surface area contributed by atoms with Crippen molar-refractivity contribution in [1.29, 1.82) is 0 Å². The number of benzene rings is 1. The molecule has 1 aromatic heterocycles.